The Labute approximate surface area is 110 Å². The van der Waals surface area contributed by atoms with Crippen molar-refractivity contribution in [2.45, 2.75) is 25.8 Å². The Kier molecular flexibility index (Phi) is 4.75. The van der Waals surface area contributed by atoms with Crippen LogP contribution in [0.15, 0.2) is 41.4 Å². The number of nitrogens with one attached hydrogen (secondary N) is 1. The minimum absolute atomic E-state index is 0.361. The third-order valence-electron chi connectivity index (χ3n) is 2.13. The van der Waals surface area contributed by atoms with Gasteiger partial charge in [-0.15, -0.1) is 6.58 Å². The molecule has 1 aromatic rings. The molecule has 0 aliphatic carbocycles. The standard InChI is InChI=1S/C13H16BrNO2/c1-4-9-13(2,3)15-12(16)17-11-8-6-5-7-10(11)14/h4-8H,1,9H2,2-3H3,(H,15,16). The lowest BCUT2D eigenvalue weighted by Gasteiger charge is -2.24. The van der Waals surface area contributed by atoms with Crippen molar-refractivity contribution in [3.05, 3.63) is 41.4 Å². The second-order valence-corrected chi connectivity index (χ2v) is 5.18. The first kappa shape index (κ1) is 13.8. The Hall–Kier alpha value is -1.29. The highest BCUT2D eigenvalue weighted by Gasteiger charge is 2.20. The molecular formula is C13H16BrNO2. The van der Waals surface area contributed by atoms with Gasteiger partial charge in [0.2, 0.25) is 0 Å². The summed E-state index contributed by atoms with van der Waals surface area (Å²) in [6.07, 6.45) is 1.97. The van der Waals surface area contributed by atoms with Crippen molar-refractivity contribution < 1.29 is 9.53 Å². The van der Waals surface area contributed by atoms with Crippen LogP contribution < -0.4 is 10.1 Å². The molecule has 1 rings (SSSR count). The second-order valence-electron chi connectivity index (χ2n) is 4.32. The van der Waals surface area contributed by atoms with Crippen LogP contribution >= 0.6 is 15.9 Å². The average Bonchev–Trinajstić information content (AvgIpc) is 2.20. The number of benzene rings is 1. The van der Waals surface area contributed by atoms with E-state index in [0.717, 1.165) is 4.47 Å². The molecule has 0 bridgehead atoms. The number of rotatable bonds is 4. The van der Waals surface area contributed by atoms with Crippen LogP contribution in [0.1, 0.15) is 20.3 Å². The van der Waals surface area contributed by atoms with E-state index in [4.69, 9.17) is 4.74 Å². The number of hydrogen-bond acceptors (Lipinski definition) is 2. The van der Waals surface area contributed by atoms with E-state index in [0.29, 0.717) is 12.2 Å². The van der Waals surface area contributed by atoms with E-state index in [-0.39, 0.29) is 5.54 Å². The van der Waals surface area contributed by atoms with E-state index in [9.17, 15) is 4.79 Å². The van der Waals surface area contributed by atoms with Gasteiger partial charge in [-0.05, 0) is 48.3 Å². The third-order valence-corrected chi connectivity index (χ3v) is 2.79. The average molecular weight is 298 g/mol. The van der Waals surface area contributed by atoms with Crippen LogP contribution in [0.25, 0.3) is 0 Å². The van der Waals surface area contributed by atoms with Gasteiger partial charge in [-0.1, -0.05) is 18.2 Å². The van der Waals surface area contributed by atoms with Crippen molar-refractivity contribution in [2.24, 2.45) is 0 Å². The summed E-state index contributed by atoms with van der Waals surface area (Å²) >= 11 is 3.31. The van der Waals surface area contributed by atoms with E-state index >= 15 is 0 Å². The molecule has 4 heteroatoms. The molecule has 0 aliphatic rings. The predicted molar refractivity (Wildman–Crippen MR) is 72.2 cm³/mol. The molecule has 17 heavy (non-hydrogen) atoms. The molecule has 0 unspecified atom stereocenters. The maximum Gasteiger partial charge on any atom is 0.413 e. The van der Waals surface area contributed by atoms with Gasteiger partial charge in [-0.25, -0.2) is 4.79 Å². The molecule has 0 saturated heterocycles. The van der Waals surface area contributed by atoms with Crippen LogP contribution in [0.3, 0.4) is 0 Å². The molecule has 1 N–H and O–H groups in total. The van der Waals surface area contributed by atoms with Crippen molar-refractivity contribution in [1.82, 2.24) is 5.32 Å². The van der Waals surface area contributed by atoms with Crippen molar-refractivity contribution in [3.63, 3.8) is 0 Å². The van der Waals surface area contributed by atoms with Gasteiger partial charge in [0.15, 0.2) is 0 Å². The molecule has 0 aromatic heterocycles. The normalized spacial score (nSPS) is 10.8. The first-order valence-electron chi connectivity index (χ1n) is 5.30. The van der Waals surface area contributed by atoms with Crippen LogP contribution in [0.4, 0.5) is 4.79 Å². The molecule has 0 spiro atoms. The van der Waals surface area contributed by atoms with Gasteiger partial charge in [0.1, 0.15) is 5.75 Å². The predicted octanol–water partition coefficient (Wildman–Crippen LogP) is 3.89. The number of ether oxygens (including phenoxy) is 1. The van der Waals surface area contributed by atoms with Crippen molar-refractivity contribution in [1.29, 1.82) is 0 Å². The van der Waals surface area contributed by atoms with Gasteiger partial charge in [0.05, 0.1) is 4.47 Å². The zero-order valence-electron chi connectivity index (χ0n) is 10.00. The van der Waals surface area contributed by atoms with Crippen LogP contribution in [-0.4, -0.2) is 11.6 Å². The smallest absolute Gasteiger partial charge is 0.409 e. The molecule has 0 heterocycles. The summed E-state index contributed by atoms with van der Waals surface area (Å²) in [5, 5.41) is 2.78. The van der Waals surface area contributed by atoms with Crippen molar-refractivity contribution >= 4 is 22.0 Å². The minimum Gasteiger partial charge on any atom is -0.409 e. The van der Waals surface area contributed by atoms with E-state index in [1.807, 2.05) is 32.0 Å². The van der Waals surface area contributed by atoms with E-state index < -0.39 is 6.09 Å². The lowest BCUT2D eigenvalue weighted by Crippen LogP contribution is -2.44. The van der Waals surface area contributed by atoms with Crippen LogP contribution in [0.5, 0.6) is 5.75 Å². The number of carbonyl (C=O) groups is 1. The number of hydrogen-bond donors (Lipinski definition) is 1. The zero-order chi connectivity index (χ0) is 12.9. The highest BCUT2D eigenvalue weighted by Crippen LogP contribution is 2.24. The third kappa shape index (κ3) is 4.61. The molecule has 1 aromatic carbocycles. The molecule has 0 radical (unpaired) electrons. The van der Waals surface area contributed by atoms with Crippen LogP contribution in [0, 0.1) is 0 Å². The monoisotopic (exact) mass is 297 g/mol. The Balaban J connectivity index is 2.62. The summed E-state index contributed by atoms with van der Waals surface area (Å²) in [4.78, 5) is 11.7. The fourth-order valence-corrected chi connectivity index (χ4v) is 1.71. The summed E-state index contributed by atoms with van der Waals surface area (Å²) in [5.74, 6) is 0.499. The first-order valence-corrected chi connectivity index (χ1v) is 6.09. The summed E-state index contributed by atoms with van der Waals surface area (Å²) in [7, 11) is 0. The summed E-state index contributed by atoms with van der Waals surface area (Å²) in [6.45, 7) is 7.48. The summed E-state index contributed by atoms with van der Waals surface area (Å²) in [5.41, 5.74) is -0.361. The summed E-state index contributed by atoms with van der Waals surface area (Å²) < 4.78 is 5.94. The number of para-hydroxylation sites is 1. The molecule has 0 saturated carbocycles. The molecule has 0 fully saturated rings. The fourth-order valence-electron chi connectivity index (χ4n) is 1.34. The Morgan fingerprint density at radius 3 is 2.76 bits per heavy atom. The molecule has 0 aliphatic heterocycles. The highest BCUT2D eigenvalue weighted by molar-refractivity contribution is 9.10. The minimum atomic E-state index is -0.469. The number of halogens is 1. The van der Waals surface area contributed by atoms with Crippen molar-refractivity contribution in [2.75, 3.05) is 0 Å². The fraction of sp³-hybridized carbons (Fsp3) is 0.308. The van der Waals surface area contributed by atoms with E-state index in [2.05, 4.69) is 27.8 Å². The van der Waals surface area contributed by atoms with Gasteiger partial charge in [0.25, 0.3) is 0 Å². The quantitative estimate of drug-likeness (QED) is 0.856. The van der Waals surface area contributed by atoms with Gasteiger partial charge < -0.3 is 10.1 Å². The second kappa shape index (κ2) is 5.87. The molecular weight excluding hydrogens is 282 g/mol. The SMILES string of the molecule is C=CCC(C)(C)NC(=O)Oc1ccccc1Br. The van der Waals surface area contributed by atoms with Gasteiger partial charge in [-0.2, -0.15) is 0 Å². The number of carbonyl (C=O) groups excluding carboxylic acids is 1. The van der Waals surface area contributed by atoms with Crippen molar-refractivity contribution in [3.8, 4) is 5.75 Å². The zero-order valence-corrected chi connectivity index (χ0v) is 11.6. The topological polar surface area (TPSA) is 38.3 Å². The van der Waals surface area contributed by atoms with Crippen LogP contribution in [-0.2, 0) is 0 Å². The van der Waals surface area contributed by atoms with Crippen LogP contribution in [0.2, 0.25) is 0 Å². The highest BCUT2D eigenvalue weighted by atomic mass is 79.9. The lowest BCUT2D eigenvalue weighted by molar-refractivity contribution is 0.188. The number of amides is 1. The Morgan fingerprint density at radius 2 is 2.18 bits per heavy atom. The maximum absolute atomic E-state index is 11.7. The lowest BCUT2D eigenvalue weighted by atomic mass is 10.0. The summed E-state index contributed by atoms with van der Waals surface area (Å²) in [6, 6.07) is 7.21. The van der Waals surface area contributed by atoms with E-state index in [1.54, 1.807) is 12.1 Å². The van der Waals surface area contributed by atoms with E-state index in [1.165, 1.54) is 0 Å². The molecule has 0 atom stereocenters. The molecule has 1 amide bonds. The largest absolute Gasteiger partial charge is 0.413 e. The van der Waals surface area contributed by atoms with Gasteiger partial charge in [0, 0.05) is 5.54 Å². The first-order chi connectivity index (χ1) is 7.94. The Bertz CT molecular complexity index is 416. The molecule has 3 nitrogen and oxygen atoms in total. The molecule has 92 valence electrons. The maximum atomic E-state index is 11.7. The Morgan fingerprint density at radius 1 is 1.53 bits per heavy atom. The van der Waals surface area contributed by atoms with Gasteiger partial charge in [-0.3, -0.25) is 0 Å². The van der Waals surface area contributed by atoms with Gasteiger partial charge >= 0.3 is 6.09 Å².